The van der Waals surface area contributed by atoms with Gasteiger partial charge in [0, 0.05) is 17.1 Å². The number of benzene rings is 2. The first-order chi connectivity index (χ1) is 14.9. The molecule has 9 heteroatoms. The molecule has 0 fully saturated rings. The summed E-state index contributed by atoms with van der Waals surface area (Å²) < 4.78 is 7.25. The van der Waals surface area contributed by atoms with Crippen molar-refractivity contribution in [1.82, 2.24) is 25.3 Å². The molecule has 0 bridgehead atoms. The number of aromatic nitrogens is 4. The van der Waals surface area contributed by atoms with Gasteiger partial charge in [-0.3, -0.25) is 4.79 Å². The molecule has 0 aliphatic rings. The van der Waals surface area contributed by atoms with Crippen LogP contribution >= 0.6 is 11.6 Å². The number of oxazole rings is 1. The second-order valence-corrected chi connectivity index (χ2v) is 7.62. The fraction of sp³-hybridized carbons (Fsp3) is 0.182. The predicted molar refractivity (Wildman–Crippen MR) is 118 cm³/mol. The first-order valence-electron chi connectivity index (χ1n) is 9.65. The zero-order valence-corrected chi connectivity index (χ0v) is 17.8. The minimum Gasteiger partial charge on any atom is -0.441 e. The summed E-state index contributed by atoms with van der Waals surface area (Å²) in [6.07, 6.45) is 0. The minimum atomic E-state index is -0.406. The summed E-state index contributed by atoms with van der Waals surface area (Å²) in [4.78, 5) is 17.1. The van der Waals surface area contributed by atoms with Crippen LogP contribution in [0.3, 0.4) is 0 Å². The molecule has 0 radical (unpaired) electrons. The number of hydrogen-bond donors (Lipinski definition) is 2. The van der Waals surface area contributed by atoms with Gasteiger partial charge < -0.3 is 15.5 Å². The molecule has 2 heterocycles. The number of nitrogens with one attached hydrogen (secondary N) is 1. The molecule has 2 aromatic heterocycles. The minimum absolute atomic E-state index is 0.0639. The van der Waals surface area contributed by atoms with Gasteiger partial charge in [0.05, 0.1) is 6.54 Å². The molecular formula is C22H21ClN6O2. The number of anilines is 1. The molecule has 0 saturated carbocycles. The van der Waals surface area contributed by atoms with Crippen molar-refractivity contribution in [1.29, 1.82) is 0 Å². The van der Waals surface area contributed by atoms with E-state index in [2.05, 4.69) is 20.6 Å². The van der Waals surface area contributed by atoms with Crippen LogP contribution in [0.25, 0.3) is 11.5 Å². The quantitative estimate of drug-likeness (QED) is 0.476. The second kappa shape index (κ2) is 8.61. The second-order valence-electron chi connectivity index (χ2n) is 7.18. The SMILES string of the molecule is Cc1cccc(-c2nc(Cn3nnc(C(=O)NCc4ccc(Cl)cc4)c3N)c(C)o2)c1. The van der Waals surface area contributed by atoms with E-state index in [9.17, 15) is 4.79 Å². The normalized spacial score (nSPS) is 10.9. The van der Waals surface area contributed by atoms with Crippen LogP contribution in [-0.4, -0.2) is 25.9 Å². The Morgan fingerprint density at radius 3 is 2.71 bits per heavy atom. The summed E-state index contributed by atoms with van der Waals surface area (Å²) >= 11 is 5.88. The third-order valence-corrected chi connectivity index (χ3v) is 5.06. The van der Waals surface area contributed by atoms with Crippen molar-refractivity contribution < 1.29 is 9.21 Å². The van der Waals surface area contributed by atoms with E-state index in [1.54, 1.807) is 12.1 Å². The summed E-state index contributed by atoms with van der Waals surface area (Å²) in [5, 5.41) is 11.4. The lowest BCUT2D eigenvalue weighted by Gasteiger charge is -2.05. The fourth-order valence-corrected chi connectivity index (χ4v) is 3.21. The molecule has 4 aromatic rings. The average Bonchev–Trinajstić information content (AvgIpc) is 3.30. The Kier molecular flexibility index (Phi) is 5.73. The van der Waals surface area contributed by atoms with E-state index in [-0.39, 0.29) is 18.1 Å². The zero-order valence-electron chi connectivity index (χ0n) is 17.1. The number of amides is 1. The predicted octanol–water partition coefficient (Wildman–Crippen LogP) is 3.76. The molecule has 8 nitrogen and oxygen atoms in total. The van der Waals surface area contributed by atoms with Crippen LogP contribution in [0, 0.1) is 13.8 Å². The van der Waals surface area contributed by atoms with Gasteiger partial charge in [-0.1, -0.05) is 46.6 Å². The van der Waals surface area contributed by atoms with Crippen LogP contribution < -0.4 is 11.1 Å². The van der Waals surface area contributed by atoms with E-state index in [4.69, 9.17) is 21.8 Å². The van der Waals surface area contributed by atoms with Gasteiger partial charge in [-0.05, 0) is 43.7 Å². The van der Waals surface area contributed by atoms with E-state index < -0.39 is 5.91 Å². The van der Waals surface area contributed by atoms with Crippen LogP contribution in [0.5, 0.6) is 0 Å². The van der Waals surface area contributed by atoms with Gasteiger partial charge in [-0.15, -0.1) is 5.10 Å². The monoisotopic (exact) mass is 436 g/mol. The smallest absolute Gasteiger partial charge is 0.275 e. The summed E-state index contributed by atoms with van der Waals surface area (Å²) in [6, 6.07) is 15.1. The number of nitrogens with two attached hydrogens (primary N) is 1. The number of halogens is 1. The molecule has 0 aliphatic carbocycles. The molecule has 2 aromatic carbocycles. The molecule has 3 N–H and O–H groups in total. The van der Waals surface area contributed by atoms with E-state index in [0.717, 1.165) is 16.7 Å². The molecular weight excluding hydrogens is 416 g/mol. The highest BCUT2D eigenvalue weighted by Crippen LogP contribution is 2.23. The van der Waals surface area contributed by atoms with E-state index in [1.165, 1.54) is 4.68 Å². The topological polar surface area (TPSA) is 112 Å². The summed E-state index contributed by atoms with van der Waals surface area (Å²) in [5.74, 6) is 0.931. The lowest BCUT2D eigenvalue weighted by molar-refractivity contribution is 0.0946. The molecule has 31 heavy (non-hydrogen) atoms. The highest BCUT2D eigenvalue weighted by molar-refractivity contribution is 6.30. The molecule has 0 saturated heterocycles. The van der Waals surface area contributed by atoms with Gasteiger partial charge in [0.15, 0.2) is 11.5 Å². The van der Waals surface area contributed by atoms with Crippen LogP contribution in [0.4, 0.5) is 5.82 Å². The van der Waals surface area contributed by atoms with Gasteiger partial charge in [0.25, 0.3) is 5.91 Å². The summed E-state index contributed by atoms with van der Waals surface area (Å²) in [6.45, 7) is 4.40. The van der Waals surface area contributed by atoms with Crippen molar-refractivity contribution in [3.05, 3.63) is 81.8 Å². The van der Waals surface area contributed by atoms with Crippen molar-refractivity contribution >= 4 is 23.3 Å². The molecule has 0 atom stereocenters. The van der Waals surface area contributed by atoms with Crippen molar-refractivity contribution in [2.45, 2.75) is 26.9 Å². The fourth-order valence-electron chi connectivity index (χ4n) is 3.09. The summed E-state index contributed by atoms with van der Waals surface area (Å²) in [7, 11) is 0. The van der Waals surface area contributed by atoms with Crippen molar-refractivity contribution in [2.24, 2.45) is 0 Å². The molecule has 0 unspecified atom stereocenters. The molecule has 0 spiro atoms. The zero-order chi connectivity index (χ0) is 22.0. The van der Waals surface area contributed by atoms with Gasteiger partial charge in [0.1, 0.15) is 11.5 Å². The van der Waals surface area contributed by atoms with Gasteiger partial charge in [0.2, 0.25) is 5.89 Å². The van der Waals surface area contributed by atoms with Crippen molar-refractivity contribution in [3.8, 4) is 11.5 Å². The van der Waals surface area contributed by atoms with Crippen molar-refractivity contribution in [2.75, 3.05) is 5.73 Å². The lowest BCUT2D eigenvalue weighted by Crippen LogP contribution is -2.24. The number of carbonyl (C=O) groups is 1. The largest absolute Gasteiger partial charge is 0.441 e. The van der Waals surface area contributed by atoms with E-state index in [1.807, 2.05) is 50.2 Å². The molecule has 158 valence electrons. The van der Waals surface area contributed by atoms with E-state index in [0.29, 0.717) is 28.9 Å². The standard InChI is InChI=1S/C22H21ClN6O2/c1-13-4-3-5-16(10-13)22-26-18(14(2)31-22)12-29-20(24)19(27-28-29)21(30)25-11-15-6-8-17(23)9-7-15/h3-10H,11-12,24H2,1-2H3,(H,25,30). The Morgan fingerprint density at radius 2 is 1.97 bits per heavy atom. The maximum atomic E-state index is 12.5. The van der Waals surface area contributed by atoms with Crippen LogP contribution in [0.2, 0.25) is 5.02 Å². The molecule has 0 aliphatic heterocycles. The Balaban J connectivity index is 1.47. The number of carbonyl (C=O) groups excluding carboxylic acids is 1. The Morgan fingerprint density at radius 1 is 1.19 bits per heavy atom. The maximum absolute atomic E-state index is 12.5. The van der Waals surface area contributed by atoms with Crippen LogP contribution in [-0.2, 0) is 13.1 Å². The number of aryl methyl sites for hydroxylation is 2. The number of nitrogen functional groups attached to an aromatic ring is 1. The van der Waals surface area contributed by atoms with Crippen molar-refractivity contribution in [3.63, 3.8) is 0 Å². The molecule has 1 amide bonds. The molecule has 4 rings (SSSR count). The third kappa shape index (κ3) is 4.59. The highest BCUT2D eigenvalue weighted by Gasteiger charge is 2.20. The number of hydrogen-bond acceptors (Lipinski definition) is 6. The third-order valence-electron chi connectivity index (χ3n) is 4.81. The highest BCUT2D eigenvalue weighted by atomic mass is 35.5. The first kappa shape index (κ1) is 20.6. The van der Waals surface area contributed by atoms with Gasteiger partial charge in [-0.25, -0.2) is 9.67 Å². The average molecular weight is 437 g/mol. The maximum Gasteiger partial charge on any atom is 0.275 e. The number of rotatable bonds is 6. The van der Waals surface area contributed by atoms with E-state index >= 15 is 0 Å². The Hall–Kier alpha value is -3.65. The summed E-state index contributed by atoms with van der Waals surface area (Å²) in [5.41, 5.74) is 9.78. The van der Waals surface area contributed by atoms with Gasteiger partial charge in [-0.2, -0.15) is 0 Å². The van der Waals surface area contributed by atoms with Crippen LogP contribution in [0.1, 0.15) is 33.1 Å². The van der Waals surface area contributed by atoms with Crippen LogP contribution in [0.15, 0.2) is 52.9 Å². The Bertz CT molecular complexity index is 1230. The number of nitrogens with zero attached hydrogens (tertiary/aromatic N) is 4. The first-order valence-corrected chi connectivity index (χ1v) is 10.0. The lowest BCUT2D eigenvalue weighted by atomic mass is 10.1. The Labute approximate surface area is 184 Å². The van der Waals surface area contributed by atoms with Gasteiger partial charge >= 0.3 is 0 Å².